The van der Waals surface area contributed by atoms with Gasteiger partial charge in [-0.3, -0.25) is 9.59 Å². The first-order valence-electron chi connectivity index (χ1n) is 13.7. The fraction of sp³-hybridized carbons (Fsp3) is 0.406. The Kier molecular flexibility index (Phi) is 7.74. The van der Waals surface area contributed by atoms with Crippen LogP contribution in [0, 0.1) is 11.3 Å². The van der Waals surface area contributed by atoms with E-state index in [9.17, 15) is 9.59 Å². The maximum Gasteiger partial charge on any atom is 0.261 e. The Morgan fingerprint density at radius 2 is 1.87 bits per heavy atom. The zero-order valence-electron chi connectivity index (χ0n) is 23.5. The first kappa shape index (κ1) is 27.3. The second-order valence-corrected chi connectivity index (χ2v) is 13.1. The molecule has 7 heteroatoms. The normalized spacial score (nSPS) is 16.3. The smallest absolute Gasteiger partial charge is 0.261 e. The van der Waals surface area contributed by atoms with Crippen molar-refractivity contribution in [2.24, 2.45) is 11.3 Å². The third kappa shape index (κ3) is 6.31. The second-order valence-electron chi connectivity index (χ2n) is 12.1. The number of aryl methyl sites for hydroxylation is 1. The molecule has 0 saturated heterocycles. The molecular weight excluding hydrogens is 504 g/mol. The fourth-order valence-electron chi connectivity index (χ4n) is 5.41. The number of carbonyl (C=O) groups is 1. The number of aromatic nitrogens is 2. The van der Waals surface area contributed by atoms with Gasteiger partial charge in [-0.15, -0.1) is 11.3 Å². The van der Waals surface area contributed by atoms with Crippen LogP contribution in [0.5, 0.6) is 0 Å². The lowest BCUT2D eigenvalue weighted by atomic mass is 9.71. The number of amides is 1. The summed E-state index contributed by atoms with van der Waals surface area (Å²) in [6, 6.07) is 15.7. The van der Waals surface area contributed by atoms with E-state index in [2.05, 4.69) is 54.2 Å². The second kappa shape index (κ2) is 11.1. The van der Waals surface area contributed by atoms with Crippen molar-refractivity contribution in [3.05, 3.63) is 86.8 Å². The number of H-pyrrole nitrogens is 1. The van der Waals surface area contributed by atoms with Gasteiger partial charge >= 0.3 is 0 Å². The molecule has 0 aliphatic heterocycles. The number of benzene rings is 1. The molecule has 0 fully saturated rings. The molecule has 0 saturated carbocycles. The van der Waals surface area contributed by atoms with Crippen molar-refractivity contribution < 1.29 is 4.79 Å². The summed E-state index contributed by atoms with van der Waals surface area (Å²) in [6.45, 7) is 7.82. The average molecular weight is 543 g/mol. The summed E-state index contributed by atoms with van der Waals surface area (Å²) in [7, 11) is 4.09. The van der Waals surface area contributed by atoms with Crippen molar-refractivity contribution in [2.45, 2.75) is 52.5 Å². The van der Waals surface area contributed by atoms with Crippen LogP contribution in [0.3, 0.4) is 0 Å². The fourth-order valence-corrected chi connectivity index (χ4v) is 6.35. The molecule has 1 aliphatic rings. The van der Waals surface area contributed by atoms with Gasteiger partial charge in [0.15, 0.2) is 0 Å². The van der Waals surface area contributed by atoms with Crippen molar-refractivity contribution >= 4 is 27.5 Å². The minimum absolute atomic E-state index is 0.0583. The molecule has 1 amide bonds. The van der Waals surface area contributed by atoms with Gasteiger partial charge < -0.3 is 15.2 Å². The van der Waals surface area contributed by atoms with E-state index in [-0.39, 0.29) is 22.9 Å². The Morgan fingerprint density at radius 1 is 1.13 bits per heavy atom. The maximum absolute atomic E-state index is 13.5. The predicted molar refractivity (Wildman–Crippen MR) is 160 cm³/mol. The van der Waals surface area contributed by atoms with Gasteiger partial charge in [-0.1, -0.05) is 45.0 Å². The molecular formula is C32H38N4O2S. The average Bonchev–Trinajstić information content (AvgIpc) is 3.32. The standard InChI is InChI=1S/C32H38N4O2S/c1-32(2,3)25-11-12-26-23(17-25)16-24-18-28(39-31(24)35-26)30(38)34-27(14-15-36(4)5)21-8-6-20(7-9-21)22-10-13-29(37)33-19-22/h6-10,13,16,18-19,25,27H,11-12,14-15,17H2,1-5H3,(H,33,37)(H,34,38)/t25-,27+/m0/s1. The minimum atomic E-state index is -0.122. The summed E-state index contributed by atoms with van der Waals surface area (Å²) in [5.41, 5.74) is 5.72. The van der Waals surface area contributed by atoms with Crippen LogP contribution in [0.1, 0.15) is 66.1 Å². The third-order valence-corrected chi connectivity index (χ3v) is 8.97. The van der Waals surface area contributed by atoms with Crippen molar-refractivity contribution in [3.63, 3.8) is 0 Å². The highest BCUT2D eigenvalue weighted by atomic mass is 32.1. The van der Waals surface area contributed by atoms with Crippen molar-refractivity contribution in [3.8, 4) is 11.1 Å². The molecule has 0 bridgehead atoms. The molecule has 204 valence electrons. The Morgan fingerprint density at radius 3 is 2.54 bits per heavy atom. The number of carbonyl (C=O) groups excluding carboxylic acids is 1. The van der Waals surface area contributed by atoms with Crippen LogP contribution < -0.4 is 10.9 Å². The Balaban J connectivity index is 1.36. The molecule has 2 atom stereocenters. The molecule has 5 rings (SSSR count). The van der Waals surface area contributed by atoms with E-state index in [0.29, 0.717) is 10.8 Å². The van der Waals surface area contributed by atoms with Gasteiger partial charge in [-0.05, 0) is 98.1 Å². The SMILES string of the molecule is CN(C)CC[C@@H](NC(=O)c1cc2cc3c(nc2s1)CC[C@H](C(C)(C)C)C3)c1ccc(-c2ccc(=O)[nH]c2)cc1. The van der Waals surface area contributed by atoms with E-state index in [1.165, 1.54) is 35.1 Å². The van der Waals surface area contributed by atoms with Crippen LogP contribution in [0.2, 0.25) is 0 Å². The summed E-state index contributed by atoms with van der Waals surface area (Å²) < 4.78 is 0. The van der Waals surface area contributed by atoms with Crippen molar-refractivity contribution in [2.75, 3.05) is 20.6 Å². The van der Waals surface area contributed by atoms with Gasteiger partial charge in [0.25, 0.3) is 5.91 Å². The van der Waals surface area contributed by atoms with Gasteiger partial charge in [0.05, 0.1) is 10.9 Å². The lowest BCUT2D eigenvalue weighted by Crippen LogP contribution is -2.30. The van der Waals surface area contributed by atoms with Crippen LogP contribution in [0.4, 0.5) is 0 Å². The molecule has 0 spiro atoms. The predicted octanol–water partition coefficient (Wildman–Crippen LogP) is 6.23. The summed E-state index contributed by atoms with van der Waals surface area (Å²) in [6.07, 6.45) is 5.75. The van der Waals surface area contributed by atoms with Gasteiger partial charge in [0, 0.05) is 23.3 Å². The zero-order valence-corrected chi connectivity index (χ0v) is 24.3. The van der Waals surface area contributed by atoms with Gasteiger partial charge in [0.2, 0.25) is 5.56 Å². The number of aromatic amines is 1. The summed E-state index contributed by atoms with van der Waals surface area (Å²) >= 11 is 1.48. The van der Waals surface area contributed by atoms with E-state index in [1.54, 1.807) is 6.20 Å². The first-order valence-corrected chi connectivity index (χ1v) is 14.6. The van der Waals surface area contributed by atoms with E-state index in [4.69, 9.17) is 4.98 Å². The molecule has 4 aromatic rings. The Hall–Kier alpha value is -3.29. The van der Waals surface area contributed by atoms with Gasteiger partial charge in [-0.2, -0.15) is 0 Å². The van der Waals surface area contributed by atoms with Crippen LogP contribution in [0.25, 0.3) is 21.3 Å². The number of fused-ring (bicyclic) bond motifs is 2. The highest BCUT2D eigenvalue weighted by Gasteiger charge is 2.30. The van der Waals surface area contributed by atoms with E-state index >= 15 is 0 Å². The van der Waals surface area contributed by atoms with Crippen LogP contribution in [0.15, 0.2) is 59.5 Å². The number of pyridine rings is 2. The van der Waals surface area contributed by atoms with E-state index in [0.717, 1.165) is 52.7 Å². The first-order chi connectivity index (χ1) is 18.6. The van der Waals surface area contributed by atoms with Gasteiger partial charge in [-0.25, -0.2) is 4.98 Å². The molecule has 0 unspecified atom stereocenters. The van der Waals surface area contributed by atoms with Crippen LogP contribution >= 0.6 is 11.3 Å². The number of rotatable bonds is 7. The quantitative estimate of drug-likeness (QED) is 0.290. The molecule has 3 aromatic heterocycles. The number of hydrogen-bond acceptors (Lipinski definition) is 5. The van der Waals surface area contributed by atoms with Crippen molar-refractivity contribution in [1.82, 2.24) is 20.2 Å². The summed E-state index contributed by atoms with van der Waals surface area (Å²) in [4.78, 5) is 36.4. The molecule has 1 aromatic carbocycles. The molecule has 6 nitrogen and oxygen atoms in total. The number of nitrogens with zero attached hydrogens (tertiary/aromatic N) is 2. The Labute approximate surface area is 234 Å². The highest BCUT2D eigenvalue weighted by Crippen LogP contribution is 2.38. The van der Waals surface area contributed by atoms with Crippen LogP contribution in [-0.2, 0) is 12.8 Å². The molecule has 2 N–H and O–H groups in total. The highest BCUT2D eigenvalue weighted by molar-refractivity contribution is 7.20. The summed E-state index contributed by atoms with van der Waals surface area (Å²) in [5.74, 6) is 0.593. The molecule has 39 heavy (non-hydrogen) atoms. The summed E-state index contributed by atoms with van der Waals surface area (Å²) in [5, 5.41) is 4.36. The lowest BCUT2D eigenvalue weighted by molar-refractivity contribution is 0.0937. The molecule has 3 heterocycles. The van der Waals surface area contributed by atoms with E-state index < -0.39 is 0 Å². The van der Waals surface area contributed by atoms with Crippen LogP contribution in [-0.4, -0.2) is 41.4 Å². The maximum atomic E-state index is 13.5. The number of thiophene rings is 1. The largest absolute Gasteiger partial charge is 0.344 e. The minimum Gasteiger partial charge on any atom is -0.344 e. The Bertz CT molecular complexity index is 1510. The monoisotopic (exact) mass is 542 g/mol. The van der Waals surface area contributed by atoms with Gasteiger partial charge in [0.1, 0.15) is 4.83 Å². The topological polar surface area (TPSA) is 78.1 Å². The molecule has 1 aliphatic carbocycles. The van der Waals surface area contributed by atoms with E-state index in [1.807, 2.05) is 38.4 Å². The van der Waals surface area contributed by atoms with Crippen molar-refractivity contribution in [1.29, 1.82) is 0 Å². The molecule has 0 radical (unpaired) electrons. The third-order valence-electron chi connectivity index (χ3n) is 7.92. The number of nitrogens with one attached hydrogen (secondary N) is 2. The zero-order chi connectivity index (χ0) is 27.7. The lowest BCUT2D eigenvalue weighted by Gasteiger charge is -2.34. The number of hydrogen-bond donors (Lipinski definition) is 2.